The average molecular weight is 163 g/mol. The predicted molar refractivity (Wildman–Crippen MR) is 36.6 cm³/mol. The van der Waals surface area contributed by atoms with E-state index in [9.17, 15) is 8.42 Å². The van der Waals surface area contributed by atoms with Crippen molar-refractivity contribution in [3.8, 4) is 0 Å². The summed E-state index contributed by atoms with van der Waals surface area (Å²) in [7, 11) is -1.86. The Bertz CT molecular complexity index is 223. The van der Waals surface area contributed by atoms with Crippen molar-refractivity contribution in [1.82, 2.24) is 4.72 Å². The molecule has 1 aliphatic heterocycles. The second kappa shape index (κ2) is 2.59. The van der Waals surface area contributed by atoms with Crippen LogP contribution in [0.1, 0.15) is 6.42 Å². The number of hydrogen-bond donors (Lipinski definition) is 1. The lowest BCUT2D eigenvalue weighted by molar-refractivity contribution is 0.236. The van der Waals surface area contributed by atoms with E-state index in [1.807, 2.05) is 0 Å². The predicted octanol–water partition coefficient (Wildman–Crippen LogP) is -0.204. The molecule has 0 aromatic rings. The summed E-state index contributed by atoms with van der Waals surface area (Å²) < 4.78 is 28.8. The molecule has 0 bridgehead atoms. The summed E-state index contributed by atoms with van der Waals surface area (Å²) in [6.45, 7) is 0. The molecule has 10 heavy (non-hydrogen) atoms. The molecule has 5 heteroatoms. The fourth-order valence-electron chi connectivity index (χ4n) is 0.697. The van der Waals surface area contributed by atoms with Gasteiger partial charge in [0.2, 0.25) is 15.5 Å². The summed E-state index contributed by atoms with van der Waals surface area (Å²) >= 11 is 0. The molecule has 58 valence electrons. The van der Waals surface area contributed by atoms with Gasteiger partial charge in [0.05, 0.1) is 6.26 Å². The fraction of sp³-hybridized carbons (Fsp3) is 0.600. The van der Waals surface area contributed by atoms with Crippen molar-refractivity contribution in [2.45, 2.75) is 11.9 Å². The van der Waals surface area contributed by atoms with Gasteiger partial charge in [-0.25, -0.2) is 13.1 Å². The zero-order chi connectivity index (χ0) is 7.61. The molecule has 1 rings (SSSR count). The first-order valence-corrected chi connectivity index (χ1v) is 4.44. The van der Waals surface area contributed by atoms with Gasteiger partial charge in [0.1, 0.15) is 0 Å². The van der Waals surface area contributed by atoms with Gasteiger partial charge in [-0.2, -0.15) is 0 Å². The van der Waals surface area contributed by atoms with E-state index in [0.29, 0.717) is 6.42 Å². The number of ether oxygens (including phenoxy) is 1. The van der Waals surface area contributed by atoms with Gasteiger partial charge in [-0.15, -0.1) is 0 Å². The summed E-state index contributed by atoms with van der Waals surface area (Å²) in [5.41, 5.74) is -0.725. The van der Waals surface area contributed by atoms with Crippen LogP contribution in [0.15, 0.2) is 12.3 Å². The Kier molecular flexibility index (Phi) is 1.96. The molecule has 1 atom stereocenters. The van der Waals surface area contributed by atoms with Crippen LogP contribution in [0.4, 0.5) is 0 Å². The van der Waals surface area contributed by atoms with E-state index >= 15 is 0 Å². The molecule has 4 nitrogen and oxygen atoms in total. The number of hydrogen-bond acceptors (Lipinski definition) is 3. The topological polar surface area (TPSA) is 55.4 Å². The highest BCUT2D eigenvalue weighted by atomic mass is 32.2. The Labute approximate surface area is 59.9 Å². The molecule has 0 fully saturated rings. The lowest BCUT2D eigenvalue weighted by Gasteiger charge is -2.08. The van der Waals surface area contributed by atoms with Gasteiger partial charge in [0.15, 0.2) is 0 Å². The lowest BCUT2D eigenvalue weighted by Crippen LogP contribution is -2.30. The summed E-state index contributed by atoms with van der Waals surface area (Å²) in [5, 5.41) is 0. The first kappa shape index (κ1) is 7.56. The summed E-state index contributed by atoms with van der Waals surface area (Å²) in [4.78, 5) is 0. The van der Waals surface area contributed by atoms with E-state index in [2.05, 4.69) is 4.72 Å². The third kappa shape index (κ3) is 1.30. The lowest BCUT2D eigenvalue weighted by atomic mass is 10.5. The van der Waals surface area contributed by atoms with Crippen LogP contribution in [0.5, 0.6) is 0 Å². The second-order valence-corrected chi connectivity index (χ2v) is 3.95. The van der Waals surface area contributed by atoms with E-state index in [0.717, 1.165) is 0 Å². The monoisotopic (exact) mass is 163 g/mol. The number of sulfonamides is 1. The molecule has 0 radical (unpaired) electrons. The SMILES string of the molecule is CNS(=O)(=O)C1CC=CO1. The summed E-state index contributed by atoms with van der Waals surface area (Å²) in [5.74, 6) is 0. The Balaban J connectivity index is 2.67. The molecule has 0 saturated carbocycles. The number of nitrogens with one attached hydrogen (secondary N) is 1. The van der Waals surface area contributed by atoms with Crippen LogP contribution in [0.3, 0.4) is 0 Å². The maximum absolute atomic E-state index is 10.9. The molecular weight excluding hydrogens is 154 g/mol. The van der Waals surface area contributed by atoms with Crippen LogP contribution in [0.25, 0.3) is 0 Å². The summed E-state index contributed by atoms with van der Waals surface area (Å²) in [6.07, 6.45) is 3.52. The minimum absolute atomic E-state index is 0.434. The van der Waals surface area contributed by atoms with Gasteiger partial charge in [-0.3, -0.25) is 0 Å². The van der Waals surface area contributed by atoms with Crippen molar-refractivity contribution in [2.75, 3.05) is 7.05 Å². The maximum Gasteiger partial charge on any atom is 0.249 e. The van der Waals surface area contributed by atoms with Crippen LogP contribution in [-0.2, 0) is 14.8 Å². The molecular formula is C5H9NO3S. The maximum atomic E-state index is 10.9. The zero-order valence-electron chi connectivity index (χ0n) is 5.57. The van der Waals surface area contributed by atoms with Gasteiger partial charge in [0, 0.05) is 6.42 Å². The molecule has 0 aliphatic carbocycles. The molecule has 1 N–H and O–H groups in total. The molecule has 1 unspecified atom stereocenters. The average Bonchev–Trinajstić information content (AvgIpc) is 2.38. The Morgan fingerprint density at radius 2 is 2.40 bits per heavy atom. The third-order valence-corrected chi connectivity index (χ3v) is 2.85. The minimum Gasteiger partial charge on any atom is -0.481 e. The van der Waals surface area contributed by atoms with Gasteiger partial charge >= 0.3 is 0 Å². The molecule has 0 spiro atoms. The van der Waals surface area contributed by atoms with Gasteiger partial charge in [-0.1, -0.05) is 0 Å². The highest BCUT2D eigenvalue weighted by Gasteiger charge is 2.25. The quantitative estimate of drug-likeness (QED) is 0.613. The Morgan fingerprint density at radius 3 is 2.80 bits per heavy atom. The summed E-state index contributed by atoms with van der Waals surface area (Å²) in [6, 6.07) is 0. The second-order valence-electron chi connectivity index (χ2n) is 1.92. The number of rotatable bonds is 2. The van der Waals surface area contributed by atoms with Crippen molar-refractivity contribution in [3.63, 3.8) is 0 Å². The van der Waals surface area contributed by atoms with Crippen molar-refractivity contribution in [1.29, 1.82) is 0 Å². The van der Waals surface area contributed by atoms with Gasteiger partial charge in [-0.05, 0) is 13.1 Å². The van der Waals surface area contributed by atoms with E-state index in [1.165, 1.54) is 13.3 Å². The van der Waals surface area contributed by atoms with E-state index in [1.54, 1.807) is 6.08 Å². The van der Waals surface area contributed by atoms with E-state index < -0.39 is 15.5 Å². The fourth-order valence-corrected chi connectivity index (χ4v) is 1.53. The minimum atomic E-state index is -3.23. The highest BCUT2D eigenvalue weighted by molar-refractivity contribution is 7.89. The van der Waals surface area contributed by atoms with Gasteiger partial charge in [0.25, 0.3) is 0 Å². The standard InChI is InChI=1S/C5H9NO3S/c1-6-10(7,8)5-3-2-4-9-5/h2,4-6H,3H2,1H3. The van der Waals surface area contributed by atoms with Crippen molar-refractivity contribution < 1.29 is 13.2 Å². The van der Waals surface area contributed by atoms with Crippen molar-refractivity contribution >= 4 is 10.0 Å². The largest absolute Gasteiger partial charge is 0.481 e. The van der Waals surface area contributed by atoms with Crippen LogP contribution in [0.2, 0.25) is 0 Å². The molecule has 0 saturated heterocycles. The van der Waals surface area contributed by atoms with Gasteiger partial charge < -0.3 is 4.74 Å². The Morgan fingerprint density at radius 1 is 1.70 bits per heavy atom. The van der Waals surface area contributed by atoms with Crippen LogP contribution < -0.4 is 4.72 Å². The first-order valence-electron chi connectivity index (χ1n) is 2.89. The van der Waals surface area contributed by atoms with E-state index in [-0.39, 0.29) is 0 Å². The molecule has 0 amide bonds. The molecule has 0 aromatic carbocycles. The highest BCUT2D eigenvalue weighted by Crippen LogP contribution is 2.13. The molecule has 0 aromatic heterocycles. The molecule has 1 aliphatic rings. The third-order valence-electron chi connectivity index (χ3n) is 1.29. The van der Waals surface area contributed by atoms with Crippen molar-refractivity contribution in [2.24, 2.45) is 0 Å². The smallest absolute Gasteiger partial charge is 0.249 e. The van der Waals surface area contributed by atoms with Crippen LogP contribution in [0, 0.1) is 0 Å². The normalized spacial score (nSPS) is 24.7. The van der Waals surface area contributed by atoms with E-state index in [4.69, 9.17) is 4.74 Å². The van der Waals surface area contributed by atoms with Crippen LogP contribution >= 0.6 is 0 Å². The Hall–Kier alpha value is -0.550. The van der Waals surface area contributed by atoms with Crippen LogP contribution in [-0.4, -0.2) is 20.9 Å². The first-order chi connectivity index (χ1) is 4.67. The molecule has 1 heterocycles. The zero-order valence-corrected chi connectivity index (χ0v) is 6.39. The van der Waals surface area contributed by atoms with Crippen molar-refractivity contribution in [3.05, 3.63) is 12.3 Å².